The maximum absolute atomic E-state index is 13.4. The van der Waals surface area contributed by atoms with E-state index in [4.69, 9.17) is 0 Å². The zero-order valence-electron chi connectivity index (χ0n) is 13.0. The summed E-state index contributed by atoms with van der Waals surface area (Å²) in [4.78, 5) is 4.28. The standard InChI is InChI=1S/C16H15FN2.C2H6/c1-3-13-8-14-15(9-18-10-16(14)19(13)2)11-5-4-6-12(17)7-11;1-2/h4-10H,3H2,1-2H3;1-2H3. The van der Waals surface area contributed by atoms with Gasteiger partial charge in [0.25, 0.3) is 0 Å². The molecule has 0 bridgehead atoms. The minimum absolute atomic E-state index is 0.221. The lowest BCUT2D eigenvalue weighted by molar-refractivity contribution is 0.628. The van der Waals surface area contributed by atoms with Crippen molar-refractivity contribution in [3.05, 3.63) is 54.2 Å². The maximum Gasteiger partial charge on any atom is 0.123 e. The monoisotopic (exact) mass is 284 g/mol. The van der Waals surface area contributed by atoms with Crippen molar-refractivity contribution in [3.63, 3.8) is 0 Å². The quantitative estimate of drug-likeness (QED) is 0.649. The van der Waals surface area contributed by atoms with Crippen molar-refractivity contribution >= 4 is 10.9 Å². The van der Waals surface area contributed by atoms with E-state index in [1.165, 1.54) is 11.8 Å². The number of aromatic nitrogens is 2. The Labute approximate surface area is 125 Å². The van der Waals surface area contributed by atoms with E-state index in [0.29, 0.717) is 0 Å². The molecular weight excluding hydrogens is 263 g/mol. The van der Waals surface area contributed by atoms with E-state index >= 15 is 0 Å². The first-order chi connectivity index (χ1) is 10.2. The zero-order valence-corrected chi connectivity index (χ0v) is 13.0. The smallest absolute Gasteiger partial charge is 0.123 e. The van der Waals surface area contributed by atoms with Gasteiger partial charge in [0.05, 0.1) is 11.7 Å². The molecule has 0 radical (unpaired) electrons. The van der Waals surface area contributed by atoms with E-state index in [1.807, 2.05) is 33.2 Å². The van der Waals surface area contributed by atoms with Crippen LogP contribution in [0, 0.1) is 5.82 Å². The second-order valence-electron chi connectivity index (χ2n) is 4.68. The summed E-state index contributed by atoms with van der Waals surface area (Å²) >= 11 is 0. The van der Waals surface area contributed by atoms with Crippen LogP contribution < -0.4 is 0 Å². The van der Waals surface area contributed by atoms with E-state index < -0.39 is 0 Å². The van der Waals surface area contributed by atoms with Crippen LogP contribution in [-0.2, 0) is 13.5 Å². The van der Waals surface area contributed by atoms with Gasteiger partial charge in [-0.3, -0.25) is 4.98 Å². The Morgan fingerprint density at radius 1 is 1.14 bits per heavy atom. The topological polar surface area (TPSA) is 17.8 Å². The van der Waals surface area contributed by atoms with Crippen molar-refractivity contribution in [2.45, 2.75) is 27.2 Å². The first kappa shape index (κ1) is 15.2. The van der Waals surface area contributed by atoms with Crippen molar-refractivity contribution in [2.24, 2.45) is 7.05 Å². The van der Waals surface area contributed by atoms with Crippen LogP contribution in [0.2, 0.25) is 0 Å². The molecule has 0 aliphatic heterocycles. The van der Waals surface area contributed by atoms with Gasteiger partial charge in [-0.15, -0.1) is 0 Å². The average Bonchev–Trinajstić information content (AvgIpc) is 2.86. The summed E-state index contributed by atoms with van der Waals surface area (Å²) in [6.07, 6.45) is 4.63. The lowest BCUT2D eigenvalue weighted by atomic mass is 10.0. The van der Waals surface area contributed by atoms with Crippen molar-refractivity contribution in [1.29, 1.82) is 0 Å². The third kappa shape index (κ3) is 2.82. The fraction of sp³-hybridized carbons (Fsp3) is 0.278. The van der Waals surface area contributed by atoms with E-state index in [2.05, 4.69) is 22.5 Å². The number of pyridine rings is 1. The Hall–Kier alpha value is -2.16. The Kier molecular flexibility index (Phi) is 4.73. The van der Waals surface area contributed by atoms with Gasteiger partial charge < -0.3 is 4.57 Å². The molecule has 3 aromatic rings. The molecule has 0 aliphatic rings. The predicted molar refractivity (Wildman–Crippen MR) is 86.8 cm³/mol. The fourth-order valence-electron chi connectivity index (χ4n) is 2.52. The molecule has 0 spiro atoms. The Morgan fingerprint density at radius 2 is 1.90 bits per heavy atom. The highest BCUT2D eigenvalue weighted by atomic mass is 19.1. The second-order valence-corrected chi connectivity index (χ2v) is 4.68. The van der Waals surface area contributed by atoms with Crippen LogP contribution in [0.5, 0.6) is 0 Å². The number of halogens is 1. The van der Waals surface area contributed by atoms with Crippen LogP contribution in [0.25, 0.3) is 22.0 Å². The van der Waals surface area contributed by atoms with Crippen molar-refractivity contribution in [2.75, 3.05) is 0 Å². The SMILES string of the molecule is CC.CCc1cc2c(-c3cccc(F)c3)cncc2n1C. The van der Waals surface area contributed by atoms with Gasteiger partial charge in [-0.05, 0) is 30.2 Å². The molecule has 3 heteroatoms. The van der Waals surface area contributed by atoms with Crippen LogP contribution in [0.1, 0.15) is 26.5 Å². The molecule has 110 valence electrons. The number of nitrogens with zero attached hydrogens (tertiary/aromatic N) is 2. The highest BCUT2D eigenvalue weighted by Gasteiger charge is 2.10. The first-order valence-corrected chi connectivity index (χ1v) is 7.39. The van der Waals surface area contributed by atoms with Gasteiger partial charge in [-0.2, -0.15) is 0 Å². The third-order valence-corrected chi connectivity index (χ3v) is 3.57. The van der Waals surface area contributed by atoms with E-state index in [-0.39, 0.29) is 5.82 Å². The zero-order chi connectivity index (χ0) is 15.4. The summed E-state index contributed by atoms with van der Waals surface area (Å²) in [5, 5.41) is 1.12. The number of hydrogen-bond acceptors (Lipinski definition) is 1. The largest absolute Gasteiger partial charge is 0.346 e. The Morgan fingerprint density at radius 3 is 2.57 bits per heavy atom. The molecule has 21 heavy (non-hydrogen) atoms. The molecule has 0 saturated heterocycles. The summed E-state index contributed by atoms with van der Waals surface area (Å²) in [7, 11) is 2.04. The van der Waals surface area contributed by atoms with Gasteiger partial charge >= 0.3 is 0 Å². The number of rotatable bonds is 2. The van der Waals surface area contributed by atoms with Crippen molar-refractivity contribution < 1.29 is 4.39 Å². The minimum atomic E-state index is -0.221. The molecule has 2 aromatic heterocycles. The van der Waals surface area contributed by atoms with Gasteiger partial charge in [0.1, 0.15) is 5.82 Å². The molecular formula is C18H21FN2. The molecule has 0 aliphatic carbocycles. The summed E-state index contributed by atoms with van der Waals surface area (Å²) in [5.41, 5.74) is 4.18. The highest BCUT2D eigenvalue weighted by Crippen LogP contribution is 2.30. The summed E-state index contributed by atoms with van der Waals surface area (Å²) < 4.78 is 15.5. The minimum Gasteiger partial charge on any atom is -0.346 e. The first-order valence-electron chi connectivity index (χ1n) is 7.39. The summed E-state index contributed by atoms with van der Waals surface area (Å²) in [6, 6.07) is 8.82. The molecule has 0 saturated carbocycles. The van der Waals surface area contributed by atoms with E-state index in [9.17, 15) is 4.39 Å². The molecule has 0 amide bonds. The Bertz CT molecular complexity index is 744. The molecule has 2 heterocycles. The van der Waals surface area contributed by atoms with Gasteiger partial charge in [0.2, 0.25) is 0 Å². The van der Waals surface area contributed by atoms with Crippen molar-refractivity contribution in [3.8, 4) is 11.1 Å². The third-order valence-electron chi connectivity index (χ3n) is 3.57. The molecule has 3 rings (SSSR count). The van der Waals surface area contributed by atoms with E-state index in [0.717, 1.165) is 28.5 Å². The molecule has 0 atom stereocenters. The number of aryl methyl sites for hydroxylation is 2. The summed E-state index contributed by atoms with van der Waals surface area (Å²) in [6.45, 7) is 6.13. The van der Waals surface area contributed by atoms with Crippen LogP contribution >= 0.6 is 0 Å². The van der Waals surface area contributed by atoms with Crippen molar-refractivity contribution in [1.82, 2.24) is 9.55 Å². The van der Waals surface area contributed by atoms with Gasteiger partial charge in [-0.25, -0.2) is 4.39 Å². The molecule has 0 N–H and O–H groups in total. The number of fused-ring (bicyclic) bond motifs is 1. The van der Waals surface area contributed by atoms with Crippen LogP contribution in [0.3, 0.4) is 0 Å². The molecule has 0 fully saturated rings. The average molecular weight is 284 g/mol. The van der Waals surface area contributed by atoms with Crippen LogP contribution in [-0.4, -0.2) is 9.55 Å². The summed E-state index contributed by atoms with van der Waals surface area (Å²) in [5.74, 6) is -0.221. The lowest BCUT2D eigenvalue weighted by Gasteiger charge is -2.04. The Balaban J connectivity index is 0.000000774. The highest BCUT2D eigenvalue weighted by molar-refractivity contribution is 5.95. The molecule has 0 unspecified atom stereocenters. The lowest BCUT2D eigenvalue weighted by Crippen LogP contribution is -1.93. The molecule has 2 nitrogen and oxygen atoms in total. The van der Waals surface area contributed by atoms with E-state index in [1.54, 1.807) is 18.3 Å². The van der Waals surface area contributed by atoms with Crippen LogP contribution in [0.15, 0.2) is 42.7 Å². The van der Waals surface area contributed by atoms with Gasteiger partial charge in [0, 0.05) is 29.9 Å². The normalized spacial score (nSPS) is 10.3. The second kappa shape index (κ2) is 6.53. The van der Waals surface area contributed by atoms with Gasteiger partial charge in [-0.1, -0.05) is 32.9 Å². The van der Waals surface area contributed by atoms with Crippen LogP contribution in [0.4, 0.5) is 4.39 Å². The maximum atomic E-state index is 13.4. The number of benzene rings is 1. The number of hydrogen-bond donors (Lipinski definition) is 0. The fourth-order valence-corrected chi connectivity index (χ4v) is 2.52. The molecule has 1 aromatic carbocycles. The van der Waals surface area contributed by atoms with Gasteiger partial charge in [0.15, 0.2) is 0 Å². The predicted octanol–water partition coefficient (Wildman–Crippen LogP) is 4.97.